The first-order chi connectivity index (χ1) is 15.7. The molecule has 0 aliphatic carbocycles. The average Bonchev–Trinajstić information content (AvgIpc) is 3.09. The zero-order valence-corrected chi connectivity index (χ0v) is 21.9. The van der Waals surface area contributed by atoms with Crippen LogP contribution in [-0.2, 0) is 21.1 Å². The molecule has 5 nitrogen and oxygen atoms in total. The minimum Gasteiger partial charge on any atom is -0.481 e. The van der Waals surface area contributed by atoms with Gasteiger partial charge in [-0.3, -0.25) is 4.79 Å². The zero-order valence-electron chi connectivity index (χ0n) is 18.7. The third kappa shape index (κ3) is 7.20. The van der Waals surface area contributed by atoms with Crippen molar-refractivity contribution in [3.8, 4) is 0 Å². The maximum Gasteiger partial charge on any atom is 0.303 e. The lowest BCUT2D eigenvalue weighted by atomic mass is 10.0. The number of fused-ring (bicyclic) bond motifs is 1. The molecule has 3 rings (SSSR count). The summed E-state index contributed by atoms with van der Waals surface area (Å²) in [5, 5.41) is 13.7. The van der Waals surface area contributed by atoms with Crippen LogP contribution < -0.4 is 5.32 Å². The van der Waals surface area contributed by atoms with Gasteiger partial charge in [0.1, 0.15) is 4.21 Å². The topological polar surface area (TPSA) is 83.5 Å². The summed E-state index contributed by atoms with van der Waals surface area (Å²) in [6.45, 7) is 5.28. The van der Waals surface area contributed by atoms with E-state index in [4.69, 9.17) is 16.7 Å². The van der Waals surface area contributed by atoms with E-state index in [9.17, 15) is 13.2 Å². The second-order valence-electron chi connectivity index (χ2n) is 7.91. The van der Waals surface area contributed by atoms with Crippen LogP contribution in [-0.4, -0.2) is 44.1 Å². The quantitative estimate of drug-likeness (QED) is 0.232. The van der Waals surface area contributed by atoms with Gasteiger partial charge in [-0.05, 0) is 85.6 Å². The predicted molar refractivity (Wildman–Crippen MR) is 139 cm³/mol. The predicted octanol–water partition coefficient (Wildman–Crippen LogP) is 5.73. The van der Waals surface area contributed by atoms with Gasteiger partial charge in [-0.25, -0.2) is 8.42 Å². The van der Waals surface area contributed by atoms with E-state index >= 15 is 0 Å². The normalized spacial score (nSPS) is 11.8. The molecule has 0 unspecified atom stereocenters. The number of halogens is 1. The van der Waals surface area contributed by atoms with Crippen molar-refractivity contribution in [1.29, 1.82) is 0 Å². The van der Waals surface area contributed by atoms with Crippen LogP contribution in [0.15, 0.2) is 45.5 Å². The molecular formula is C24H28ClNO4S3. The molecule has 0 aliphatic rings. The number of carbonyl (C=O) groups is 1. The average molecular weight is 526 g/mol. The maximum atomic E-state index is 12.8. The van der Waals surface area contributed by atoms with Crippen molar-refractivity contribution in [3.63, 3.8) is 0 Å². The van der Waals surface area contributed by atoms with Crippen LogP contribution in [0.3, 0.4) is 0 Å². The van der Waals surface area contributed by atoms with Crippen LogP contribution in [0.2, 0.25) is 5.02 Å². The molecule has 0 saturated heterocycles. The maximum absolute atomic E-state index is 12.8. The number of thiophene rings is 1. The second kappa shape index (κ2) is 11.7. The van der Waals surface area contributed by atoms with Crippen molar-refractivity contribution in [2.75, 3.05) is 24.6 Å². The molecule has 0 aliphatic heterocycles. The SMILES string of the molecule is Cc1cc(SCCNCCCS(=O)(=O)c2sc3ccc(Cl)cc3c2C)ccc1CCC(=O)O. The number of benzene rings is 2. The summed E-state index contributed by atoms with van der Waals surface area (Å²) < 4.78 is 27.1. The van der Waals surface area contributed by atoms with Crippen molar-refractivity contribution in [3.05, 3.63) is 58.1 Å². The summed E-state index contributed by atoms with van der Waals surface area (Å²) in [6.07, 6.45) is 1.24. The largest absolute Gasteiger partial charge is 0.481 e. The van der Waals surface area contributed by atoms with E-state index < -0.39 is 15.8 Å². The van der Waals surface area contributed by atoms with Gasteiger partial charge in [0.25, 0.3) is 0 Å². The molecule has 0 spiro atoms. The van der Waals surface area contributed by atoms with Gasteiger partial charge in [0.15, 0.2) is 9.84 Å². The van der Waals surface area contributed by atoms with Crippen LogP contribution in [0.25, 0.3) is 10.1 Å². The number of aliphatic carboxylic acids is 1. The van der Waals surface area contributed by atoms with Gasteiger partial charge in [-0.15, -0.1) is 23.1 Å². The summed E-state index contributed by atoms with van der Waals surface area (Å²) in [5.41, 5.74) is 2.96. The second-order valence-corrected chi connectivity index (χ2v) is 12.9. The number of carboxylic acid groups (broad SMARTS) is 1. The van der Waals surface area contributed by atoms with E-state index in [1.54, 1.807) is 17.8 Å². The van der Waals surface area contributed by atoms with Crippen molar-refractivity contribution < 1.29 is 18.3 Å². The van der Waals surface area contributed by atoms with Gasteiger partial charge in [-0.1, -0.05) is 17.7 Å². The van der Waals surface area contributed by atoms with Crippen LogP contribution in [0.5, 0.6) is 0 Å². The molecule has 9 heteroatoms. The molecule has 0 bridgehead atoms. The van der Waals surface area contributed by atoms with Crippen LogP contribution in [0.1, 0.15) is 29.5 Å². The summed E-state index contributed by atoms with van der Waals surface area (Å²) in [5.74, 6) is 0.207. The Bertz CT molecular complexity index is 1240. The van der Waals surface area contributed by atoms with E-state index in [-0.39, 0.29) is 12.2 Å². The highest BCUT2D eigenvalue weighted by atomic mass is 35.5. The number of nitrogens with one attached hydrogen (secondary N) is 1. The number of carboxylic acids is 1. The smallest absolute Gasteiger partial charge is 0.303 e. The molecule has 3 aromatic rings. The Morgan fingerprint density at radius 1 is 1.15 bits per heavy atom. The molecule has 0 atom stereocenters. The molecule has 0 radical (unpaired) electrons. The molecule has 1 heterocycles. The Kier molecular flexibility index (Phi) is 9.24. The lowest BCUT2D eigenvalue weighted by Crippen LogP contribution is -2.21. The monoisotopic (exact) mass is 525 g/mol. The van der Waals surface area contributed by atoms with Crippen LogP contribution >= 0.6 is 34.7 Å². The van der Waals surface area contributed by atoms with E-state index in [1.807, 2.05) is 38.1 Å². The number of aryl methyl sites for hydroxylation is 3. The van der Waals surface area contributed by atoms with Gasteiger partial charge in [-0.2, -0.15) is 0 Å². The molecule has 1 aromatic heterocycles. The van der Waals surface area contributed by atoms with Crippen LogP contribution in [0, 0.1) is 13.8 Å². The van der Waals surface area contributed by atoms with Crippen molar-refractivity contribution in [2.45, 2.75) is 42.2 Å². The lowest BCUT2D eigenvalue weighted by molar-refractivity contribution is -0.136. The first-order valence-electron chi connectivity index (χ1n) is 10.7. The molecule has 178 valence electrons. The molecule has 2 N–H and O–H groups in total. The minimum absolute atomic E-state index is 0.117. The number of thioether (sulfide) groups is 1. The standard InChI is InChI=1S/C24H28ClNO4S3/c1-16-14-20(7-4-18(16)5-9-23(27)28)31-12-11-26-10-3-13-33(29,30)24-17(2)21-15-19(25)6-8-22(21)32-24/h4,6-8,14-15,26H,3,5,9-13H2,1-2H3,(H,27,28). The molecule has 33 heavy (non-hydrogen) atoms. The van der Waals surface area contributed by atoms with Gasteiger partial charge in [0.2, 0.25) is 0 Å². The number of sulfone groups is 1. The first-order valence-corrected chi connectivity index (χ1v) is 14.6. The third-order valence-electron chi connectivity index (χ3n) is 5.37. The number of hydrogen-bond acceptors (Lipinski definition) is 6. The molecule has 0 amide bonds. The lowest BCUT2D eigenvalue weighted by Gasteiger charge is -2.09. The summed E-state index contributed by atoms with van der Waals surface area (Å²) in [4.78, 5) is 11.9. The highest BCUT2D eigenvalue weighted by molar-refractivity contribution is 7.99. The van der Waals surface area contributed by atoms with E-state index in [0.29, 0.717) is 28.6 Å². The Balaban J connectivity index is 1.41. The fourth-order valence-electron chi connectivity index (χ4n) is 3.59. The van der Waals surface area contributed by atoms with E-state index in [2.05, 4.69) is 11.4 Å². The van der Waals surface area contributed by atoms with E-state index in [0.717, 1.165) is 44.0 Å². The van der Waals surface area contributed by atoms with Gasteiger partial charge in [0.05, 0.1) is 5.75 Å². The zero-order chi connectivity index (χ0) is 24.0. The molecule has 0 saturated carbocycles. The van der Waals surface area contributed by atoms with Gasteiger partial charge < -0.3 is 10.4 Å². The minimum atomic E-state index is -3.33. The number of rotatable bonds is 12. The third-order valence-corrected chi connectivity index (χ3v) is 10.4. The molecular weight excluding hydrogens is 498 g/mol. The summed E-state index contributed by atoms with van der Waals surface area (Å²) >= 11 is 9.10. The molecule has 2 aromatic carbocycles. The fraction of sp³-hybridized carbons (Fsp3) is 0.375. The Morgan fingerprint density at radius 2 is 1.94 bits per heavy atom. The summed E-state index contributed by atoms with van der Waals surface area (Å²) in [7, 11) is -3.33. The van der Waals surface area contributed by atoms with Crippen LogP contribution in [0.4, 0.5) is 0 Å². The Morgan fingerprint density at radius 3 is 2.67 bits per heavy atom. The van der Waals surface area contributed by atoms with Gasteiger partial charge >= 0.3 is 5.97 Å². The van der Waals surface area contributed by atoms with Gasteiger partial charge in [0, 0.05) is 33.3 Å². The number of hydrogen-bond donors (Lipinski definition) is 2. The van der Waals surface area contributed by atoms with Crippen molar-refractivity contribution in [1.82, 2.24) is 5.32 Å². The summed E-state index contributed by atoms with van der Waals surface area (Å²) in [6, 6.07) is 11.6. The first kappa shape index (κ1) is 26.0. The van der Waals surface area contributed by atoms with E-state index in [1.165, 1.54) is 11.3 Å². The highest BCUT2D eigenvalue weighted by Gasteiger charge is 2.21. The highest BCUT2D eigenvalue weighted by Crippen LogP contribution is 2.36. The fourth-order valence-corrected chi connectivity index (χ4v) is 7.91. The van der Waals surface area contributed by atoms with Crippen molar-refractivity contribution in [2.24, 2.45) is 0 Å². The molecule has 0 fully saturated rings. The Hall–Kier alpha value is -1.58. The Labute approximate surface area is 208 Å². The van der Waals surface area contributed by atoms with Crippen molar-refractivity contribution >= 4 is 60.6 Å².